The molecule has 166 valence electrons. The van der Waals surface area contributed by atoms with Crippen molar-refractivity contribution >= 4 is 17.1 Å². The fraction of sp³-hybridized carbons (Fsp3) is 0.208. The first-order valence-corrected chi connectivity index (χ1v) is 10.1. The van der Waals surface area contributed by atoms with E-state index in [4.69, 9.17) is 9.57 Å². The molecule has 0 saturated heterocycles. The van der Waals surface area contributed by atoms with Gasteiger partial charge in [0.15, 0.2) is 7.11 Å². The first-order valence-electron chi connectivity index (χ1n) is 10.1. The predicted octanol–water partition coefficient (Wildman–Crippen LogP) is 6.23. The highest BCUT2D eigenvalue weighted by Crippen LogP contribution is 2.35. The van der Waals surface area contributed by atoms with Crippen LogP contribution in [0.4, 0.5) is 11.4 Å². The van der Waals surface area contributed by atoms with Gasteiger partial charge in [0.25, 0.3) is 4.92 Å². The molecule has 0 aliphatic heterocycles. The molecular formula is C24H28N5O3+. The highest BCUT2D eigenvalue weighted by atomic mass is 16.8. The molecule has 0 fully saturated rings. The summed E-state index contributed by atoms with van der Waals surface area (Å²) in [4.78, 5) is 21.1. The fourth-order valence-electron chi connectivity index (χ4n) is 2.77. The van der Waals surface area contributed by atoms with E-state index in [1.165, 1.54) is 7.11 Å². The molecule has 3 aromatic rings. The molecule has 8 nitrogen and oxygen atoms in total. The van der Waals surface area contributed by atoms with Crippen molar-refractivity contribution in [3.8, 4) is 16.9 Å². The van der Waals surface area contributed by atoms with Crippen molar-refractivity contribution in [1.82, 2.24) is 4.98 Å². The largest absolute Gasteiger partial charge is 0.496 e. The number of methoxy groups -OCH3 is 1. The molecule has 3 rings (SSSR count). The van der Waals surface area contributed by atoms with Crippen LogP contribution in [0.25, 0.3) is 16.8 Å². The molecule has 0 unspecified atom stereocenters. The number of aromatic nitrogens is 1. The highest BCUT2D eigenvalue weighted by molar-refractivity contribution is 5.75. The summed E-state index contributed by atoms with van der Waals surface area (Å²) in [7, 11) is 4.69. The van der Waals surface area contributed by atoms with Crippen LogP contribution in [0.15, 0.2) is 83.8 Å². The molecule has 0 aliphatic rings. The molecule has 1 aromatic heterocycles. The Bertz CT molecular complexity index is 1080. The smallest absolute Gasteiger partial charge is 0.317 e. The SMILES string of the molecule is C=C(N=NN(C)c1ccc(-c2cccc([N+](=O)OC)c2)c(OC)c1)c1ccccn1.CC. The van der Waals surface area contributed by atoms with Crippen LogP contribution in [0.3, 0.4) is 0 Å². The average Bonchev–Trinajstić information content (AvgIpc) is 2.87. The molecule has 1 heterocycles. The van der Waals surface area contributed by atoms with Gasteiger partial charge in [-0.05, 0) is 29.8 Å². The zero-order valence-corrected chi connectivity index (χ0v) is 19.0. The van der Waals surface area contributed by atoms with Gasteiger partial charge in [0.2, 0.25) is 0 Å². The van der Waals surface area contributed by atoms with E-state index in [0.29, 0.717) is 27.8 Å². The minimum Gasteiger partial charge on any atom is -0.496 e. The van der Waals surface area contributed by atoms with Gasteiger partial charge >= 0.3 is 5.69 Å². The maximum Gasteiger partial charge on any atom is 0.317 e. The van der Waals surface area contributed by atoms with Gasteiger partial charge in [-0.1, -0.05) is 43.8 Å². The molecule has 0 bridgehead atoms. The number of ether oxygens (including phenoxy) is 1. The van der Waals surface area contributed by atoms with Crippen LogP contribution in [0, 0.1) is 4.91 Å². The summed E-state index contributed by atoms with van der Waals surface area (Å²) in [5.74, 6) is 0.630. The van der Waals surface area contributed by atoms with Gasteiger partial charge in [-0.15, -0.1) is 5.11 Å². The summed E-state index contributed by atoms with van der Waals surface area (Å²) in [6.07, 6.45) is 1.68. The van der Waals surface area contributed by atoms with E-state index < -0.39 is 0 Å². The van der Waals surface area contributed by atoms with Crippen LogP contribution in [-0.2, 0) is 4.84 Å². The van der Waals surface area contributed by atoms with Gasteiger partial charge in [0.05, 0.1) is 23.4 Å². The van der Waals surface area contributed by atoms with Crippen molar-refractivity contribution in [2.75, 3.05) is 26.3 Å². The van der Waals surface area contributed by atoms with Crippen molar-refractivity contribution in [3.63, 3.8) is 0 Å². The third-order valence-corrected chi connectivity index (χ3v) is 4.35. The average molecular weight is 435 g/mol. The fourth-order valence-corrected chi connectivity index (χ4v) is 2.77. The Morgan fingerprint density at radius 1 is 1.06 bits per heavy atom. The minimum atomic E-state index is 0.389. The van der Waals surface area contributed by atoms with E-state index in [9.17, 15) is 4.91 Å². The number of rotatable bonds is 8. The van der Waals surface area contributed by atoms with Gasteiger partial charge < -0.3 is 4.74 Å². The summed E-state index contributed by atoms with van der Waals surface area (Å²) in [6, 6.07) is 18.2. The van der Waals surface area contributed by atoms with Crippen molar-refractivity contribution < 1.29 is 14.5 Å². The highest BCUT2D eigenvalue weighted by Gasteiger charge is 2.17. The maximum absolute atomic E-state index is 11.7. The van der Waals surface area contributed by atoms with Crippen LogP contribution in [0.2, 0.25) is 0 Å². The number of hydrogen-bond donors (Lipinski definition) is 0. The zero-order chi connectivity index (χ0) is 23.5. The van der Waals surface area contributed by atoms with Crippen LogP contribution in [-0.4, -0.2) is 31.2 Å². The third kappa shape index (κ3) is 5.98. The quantitative estimate of drug-likeness (QED) is 0.310. The van der Waals surface area contributed by atoms with E-state index in [1.807, 2.05) is 56.3 Å². The van der Waals surface area contributed by atoms with Crippen molar-refractivity contribution in [3.05, 3.63) is 84.0 Å². The number of nitrogens with zero attached hydrogens (tertiary/aromatic N) is 5. The Morgan fingerprint density at radius 3 is 2.50 bits per heavy atom. The number of benzene rings is 2. The maximum atomic E-state index is 11.7. The summed E-state index contributed by atoms with van der Waals surface area (Å²) >= 11 is 0. The lowest BCUT2D eigenvalue weighted by molar-refractivity contribution is -0.736. The summed E-state index contributed by atoms with van der Waals surface area (Å²) in [5.41, 5.74) is 3.93. The molecular weight excluding hydrogens is 406 g/mol. The molecule has 0 N–H and O–H groups in total. The topological polar surface area (TPSA) is 79.4 Å². The lowest BCUT2D eigenvalue weighted by Gasteiger charge is -2.15. The standard InChI is InChI=1S/C22H22N5O3.C2H6/c1-16(21-10-5-6-13-23-21)24-25-26(2)18-11-12-20(22(15-18)29-3)17-8-7-9-19(14-17)27(28)30-4;1-2/h5-15H,1H2,2-4H3;1-2H3/q+1;. The third-order valence-electron chi connectivity index (χ3n) is 4.35. The predicted molar refractivity (Wildman–Crippen MR) is 127 cm³/mol. The Morgan fingerprint density at radius 2 is 1.84 bits per heavy atom. The molecule has 32 heavy (non-hydrogen) atoms. The van der Waals surface area contributed by atoms with Gasteiger partial charge in [-0.2, -0.15) is 0 Å². The molecule has 2 aromatic carbocycles. The lowest BCUT2D eigenvalue weighted by Crippen LogP contribution is -2.07. The molecule has 0 atom stereocenters. The first kappa shape index (κ1) is 24.2. The Balaban J connectivity index is 0.00000176. The molecule has 0 saturated carbocycles. The molecule has 0 radical (unpaired) electrons. The van der Waals surface area contributed by atoms with Crippen LogP contribution in [0.1, 0.15) is 19.5 Å². The van der Waals surface area contributed by atoms with Gasteiger partial charge in [0, 0.05) is 37.0 Å². The van der Waals surface area contributed by atoms with Crippen LogP contribution in [0.5, 0.6) is 5.75 Å². The Labute approximate surface area is 188 Å². The second-order valence-electron chi connectivity index (χ2n) is 6.25. The zero-order valence-electron chi connectivity index (χ0n) is 19.0. The number of hydrogen-bond acceptors (Lipinski definition) is 6. The van der Waals surface area contributed by atoms with Crippen molar-refractivity contribution in [1.29, 1.82) is 0 Å². The molecule has 0 spiro atoms. The summed E-state index contributed by atoms with van der Waals surface area (Å²) in [6.45, 7) is 7.89. The monoisotopic (exact) mass is 434 g/mol. The van der Waals surface area contributed by atoms with E-state index >= 15 is 0 Å². The van der Waals surface area contributed by atoms with Crippen molar-refractivity contribution in [2.45, 2.75) is 13.8 Å². The van der Waals surface area contributed by atoms with E-state index in [1.54, 1.807) is 43.6 Å². The van der Waals surface area contributed by atoms with E-state index in [-0.39, 0.29) is 0 Å². The van der Waals surface area contributed by atoms with Crippen molar-refractivity contribution in [2.24, 2.45) is 10.3 Å². The first-order chi connectivity index (χ1) is 15.5. The Kier molecular flexibility index (Phi) is 9.04. The number of pyridine rings is 1. The second-order valence-corrected chi connectivity index (χ2v) is 6.25. The summed E-state index contributed by atoms with van der Waals surface area (Å²) < 4.78 is 5.56. The van der Waals surface area contributed by atoms with Gasteiger partial charge in [-0.3, -0.25) is 4.98 Å². The molecule has 0 aliphatic carbocycles. The summed E-state index contributed by atoms with van der Waals surface area (Å²) in [5, 5.41) is 9.95. The lowest BCUT2D eigenvalue weighted by atomic mass is 10.0. The normalized spacial score (nSPS) is 10.2. The van der Waals surface area contributed by atoms with E-state index in [2.05, 4.69) is 21.9 Å². The molecule has 8 heteroatoms. The van der Waals surface area contributed by atoms with Gasteiger partial charge in [0.1, 0.15) is 11.4 Å². The van der Waals surface area contributed by atoms with Crippen LogP contribution >= 0.6 is 0 Å². The number of anilines is 1. The Hall–Kier alpha value is -4.07. The molecule has 0 amide bonds. The second kappa shape index (κ2) is 11.9. The van der Waals surface area contributed by atoms with Crippen LogP contribution < -0.4 is 9.75 Å². The van der Waals surface area contributed by atoms with Gasteiger partial charge in [-0.25, -0.2) is 9.85 Å². The minimum absolute atomic E-state index is 0.389. The van der Waals surface area contributed by atoms with E-state index in [0.717, 1.165) is 16.8 Å².